The Bertz CT molecular complexity index is 300. The predicted octanol–water partition coefficient (Wildman–Crippen LogP) is 1.92. The molecule has 15 heavy (non-hydrogen) atoms. The summed E-state index contributed by atoms with van der Waals surface area (Å²) in [5.41, 5.74) is 0.619. The highest BCUT2D eigenvalue weighted by atomic mass is 16.5. The van der Waals surface area contributed by atoms with Crippen LogP contribution in [-0.2, 0) is 14.3 Å². The van der Waals surface area contributed by atoms with Gasteiger partial charge in [0.2, 0.25) is 0 Å². The number of allylic oxidation sites excluding steroid dienone is 2. The zero-order valence-corrected chi connectivity index (χ0v) is 9.24. The number of carbonyl (C=O) groups excluding carboxylic acids is 1. The molecule has 0 bridgehead atoms. The molecule has 0 aromatic carbocycles. The highest BCUT2D eigenvalue weighted by Crippen LogP contribution is 2.15. The Balaban J connectivity index is 4.65. The molecule has 4 nitrogen and oxygen atoms in total. The first-order valence-electron chi connectivity index (χ1n) is 4.77. The quantitative estimate of drug-likeness (QED) is 0.429. The molecule has 0 saturated heterocycles. The van der Waals surface area contributed by atoms with Crippen molar-refractivity contribution in [1.29, 1.82) is 0 Å². The molecule has 0 aliphatic rings. The fraction of sp³-hybridized carbons (Fsp3) is 0.455. The van der Waals surface area contributed by atoms with E-state index in [0.717, 1.165) is 0 Å². The number of aliphatic carboxylic acids is 1. The van der Waals surface area contributed by atoms with E-state index in [4.69, 9.17) is 9.84 Å². The Morgan fingerprint density at radius 3 is 2.20 bits per heavy atom. The molecule has 0 saturated carbocycles. The normalized spacial score (nSPS) is 12.5. The van der Waals surface area contributed by atoms with Gasteiger partial charge in [-0.3, -0.25) is 4.79 Å². The first-order valence-corrected chi connectivity index (χ1v) is 4.77. The van der Waals surface area contributed by atoms with Gasteiger partial charge in [-0.1, -0.05) is 12.2 Å². The van der Waals surface area contributed by atoms with E-state index in [2.05, 4.69) is 0 Å². The average molecular weight is 212 g/mol. The van der Waals surface area contributed by atoms with Crippen molar-refractivity contribution in [1.82, 2.24) is 0 Å². The molecule has 0 aromatic heterocycles. The summed E-state index contributed by atoms with van der Waals surface area (Å²) in [6, 6.07) is 0. The molecule has 0 aliphatic carbocycles. The van der Waals surface area contributed by atoms with Gasteiger partial charge in [-0.2, -0.15) is 0 Å². The molecule has 0 rings (SSSR count). The molecule has 84 valence electrons. The molecule has 0 atom stereocenters. The van der Waals surface area contributed by atoms with E-state index in [1.165, 1.54) is 6.08 Å². The van der Waals surface area contributed by atoms with Crippen LogP contribution in [0.25, 0.3) is 0 Å². The standard InChI is InChI=1S/C11H16O4/c1-4-8(7-10(12)15-6-3)9(5-2)11(13)14/h4-5H,6-7H2,1-3H3,(H,13,14)/b8-4-,9-5+. The lowest BCUT2D eigenvalue weighted by molar-refractivity contribution is -0.142. The van der Waals surface area contributed by atoms with Crippen LogP contribution in [0, 0.1) is 0 Å². The Morgan fingerprint density at radius 2 is 1.87 bits per heavy atom. The van der Waals surface area contributed by atoms with Crippen molar-refractivity contribution < 1.29 is 19.4 Å². The van der Waals surface area contributed by atoms with E-state index in [1.807, 2.05) is 0 Å². The minimum atomic E-state index is -1.03. The number of carboxylic acids is 1. The van der Waals surface area contributed by atoms with Gasteiger partial charge in [-0.25, -0.2) is 4.79 Å². The van der Waals surface area contributed by atoms with E-state index < -0.39 is 11.9 Å². The van der Waals surface area contributed by atoms with Crippen LogP contribution in [-0.4, -0.2) is 23.7 Å². The Morgan fingerprint density at radius 1 is 1.27 bits per heavy atom. The number of carboxylic acid groups (broad SMARTS) is 1. The average Bonchev–Trinajstić information content (AvgIpc) is 2.17. The van der Waals surface area contributed by atoms with Crippen LogP contribution in [0.1, 0.15) is 27.2 Å². The molecule has 0 aromatic rings. The van der Waals surface area contributed by atoms with Crippen LogP contribution in [0.5, 0.6) is 0 Å². The van der Waals surface area contributed by atoms with Gasteiger partial charge in [0.25, 0.3) is 0 Å². The monoisotopic (exact) mass is 212 g/mol. The fourth-order valence-electron chi connectivity index (χ4n) is 1.17. The summed E-state index contributed by atoms with van der Waals surface area (Å²) >= 11 is 0. The number of hydrogen-bond donors (Lipinski definition) is 1. The third-order valence-electron chi connectivity index (χ3n) is 1.85. The van der Waals surface area contributed by atoms with Crippen LogP contribution >= 0.6 is 0 Å². The SMILES string of the molecule is C/C=C(CC(=O)OCC)\C(=C/C)C(=O)O. The van der Waals surface area contributed by atoms with Gasteiger partial charge in [0.1, 0.15) is 0 Å². The summed E-state index contributed by atoms with van der Waals surface area (Å²) in [7, 11) is 0. The van der Waals surface area contributed by atoms with E-state index in [9.17, 15) is 9.59 Å². The molecule has 0 heterocycles. The summed E-state index contributed by atoms with van der Waals surface area (Å²) in [6.45, 7) is 5.33. The highest BCUT2D eigenvalue weighted by Gasteiger charge is 2.15. The summed E-state index contributed by atoms with van der Waals surface area (Å²) in [5.74, 6) is -1.44. The molecule has 0 amide bonds. The maximum absolute atomic E-state index is 11.2. The van der Waals surface area contributed by atoms with Crippen molar-refractivity contribution in [2.45, 2.75) is 27.2 Å². The van der Waals surface area contributed by atoms with Gasteiger partial charge in [-0.05, 0) is 26.3 Å². The minimum Gasteiger partial charge on any atom is -0.478 e. The fourth-order valence-corrected chi connectivity index (χ4v) is 1.17. The van der Waals surface area contributed by atoms with Gasteiger partial charge in [0.05, 0.1) is 18.6 Å². The second-order valence-corrected chi connectivity index (χ2v) is 2.80. The van der Waals surface area contributed by atoms with Crippen LogP contribution < -0.4 is 0 Å². The van der Waals surface area contributed by atoms with Crippen molar-refractivity contribution in [2.75, 3.05) is 6.61 Å². The molecule has 0 unspecified atom stereocenters. The predicted molar refractivity (Wildman–Crippen MR) is 56.4 cm³/mol. The number of ether oxygens (including phenoxy) is 1. The van der Waals surface area contributed by atoms with Gasteiger partial charge < -0.3 is 9.84 Å². The third-order valence-corrected chi connectivity index (χ3v) is 1.85. The summed E-state index contributed by atoms with van der Waals surface area (Å²) in [5, 5.41) is 8.86. The van der Waals surface area contributed by atoms with Crippen molar-refractivity contribution in [2.24, 2.45) is 0 Å². The Kier molecular flexibility index (Phi) is 6.09. The Labute approximate surface area is 89.2 Å². The van der Waals surface area contributed by atoms with Gasteiger partial charge in [-0.15, -0.1) is 0 Å². The van der Waals surface area contributed by atoms with E-state index in [-0.39, 0.29) is 12.0 Å². The lowest BCUT2D eigenvalue weighted by Crippen LogP contribution is -2.10. The summed E-state index contributed by atoms with van der Waals surface area (Å²) < 4.78 is 4.75. The number of hydrogen-bond acceptors (Lipinski definition) is 3. The lowest BCUT2D eigenvalue weighted by Gasteiger charge is -2.07. The Hall–Kier alpha value is -1.58. The van der Waals surface area contributed by atoms with Crippen molar-refractivity contribution in [3.8, 4) is 0 Å². The number of rotatable bonds is 5. The molecular formula is C11H16O4. The first-order chi connectivity index (χ1) is 7.06. The summed E-state index contributed by atoms with van der Waals surface area (Å²) in [6.07, 6.45) is 3.08. The molecule has 0 spiro atoms. The number of esters is 1. The third kappa shape index (κ3) is 4.44. The zero-order valence-electron chi connectivity index (χ0n) is 9.24. The van der Waals surface area contributed by atoms with Crippen molar-refractivity contribution >= 4 is 11.9 Å². The van der Waals surface area contributed by atoms with Crippen molar-refractivity contribution in [3.05, 3.63) is 23.3 Å². The molecule has 1 N–H and O–H groups in total. The van der Waals surface area contributed by atoms with Crippen LogP contribution in [0.2, 0.25) is 0 Å². The van der Waals surface area contributed by atoms with Gasteiger partial charge in [0.15, 0.2) is 0 Å². The second kappa shape index (κ2) is 6.81. The zero-order chi connectivity index (χ0) is 11.8. The molecule has 0 fully saturated rings. The molecule has 0 radical (unpaired) electrons. The maximum Gasteiger partial charge on any atom is 0.335 e. The topological polar surface area (TPSA) is 63.6 Å². The number of carbonyl (C=O) groups is 2. The molecule has 0 aliphatic heterocycles. The largest absolute Gasteiger partial charge is 0.478 e. The summed E-state index contributed by atoms with van der Waals surface area (Å²) in [4.78, 5) is 22.0. The highest BCUT2D eigenvalue weighted by molar-refractivity contribution is 5.93. The maximum atomic E-state index is 11.2. The van der Waals surface area contributed by atoms with Gasteiger partial charge >= 0.3 is 11.9 Å². The van der Waals surface area contributed by atoms with Crippen LogP contribution in [0.4, 0.5) is 0 Å². The van der Waals surface area contributed by atoms with Crippen molar-refractivity contribution in [3.63, 3.8) is 0 Å². The molecule has 4 heteroatoms. The van der Waals surface area contributed by atoms with E-state index in [0.29, 0.717) is 12.2 Å². The van der Waals surface area contributed by atoms with E-state index in [1.54, 1.807) is 26.8 Å². The van der Waals surface area contributed by atoms with Crippen LogP contribution in [0.3, 0.4) is 0 Å². The second-order valence-electron chi connectivity index (χ2n) is 2.80. The smallest absolute Gasteiger partial charge is 0.335 e. The first kappa shape index (κ1) is 13.4. The van der Waals surface area contributed by atoms with Crippen LogP contribution in [0.15, 0.2) is 23.3 Å². The minimum absolute atomic E-state index is 0.00366. The lowest BCUT2D eigenvalue weighted by atomic mass is 10.0. The van der Waals surface area contributed by atoms with Gasteiger partial charge in [0, 0.05) is 0 Å². The molecular weight excluding hydrogens is 196 g/mol. The van der Waals surface area contributed by atoms with E-state index >= 15 is 0 Å².